The Labute approximate surface area is 116 Å². The summed E-state index contributed by atoms with van der Waals surface area (Å²) < 4.78 is 0. The Morgan fingerprint density at radius 1 is 1.20 bits per heavy atom. The number of nitrogen functional groups attached to an aromatic ring is 2. The van der Waals surface area contributed by atoms with Gasteiger partial charge in [-0.05, 0) is 6.42 Å². The van der Waals surface area contributed by atoms with Gasteiger partial charge >= 0.3 is 0 Å². The fourth-order valence-electron chi connectivity index (χ4n) is 2.04. The van der Waals surface area contributed by atoms with E-state index in [9.17, 15) is 0 Å². The summed E-state index contributed by atoms with van der Waals surface area (Å²) >= 11 is 0. The van der Waals surface area contributed by atoms with Gasteiger partial charge in [-0.2, -0.15) is 15.0 Å². The molecule has 0 aliphatic carbocycles. The molecule has 108 valence electrons. The number of imidazole rings is 1. The van der Waals surface area contributed by atoms with Crippen LogP contribution in [0.25, 0.3) is 0 Å². The minimum absolute atomic E-state index is 0.104. The maximum Gasteiger partial charge on any atom is 0.225 e. The molecule has 0 amide bonds. The molecular weight excluding hydrogens is 258 g/mol. The standard InChI is InChI=1S/C12H19N7O/c1-2-3-4-7(8-5-15-9(6-20)16-8)10-17-11(13)19-12(14)18-10/h5,7,20H,2-4,6H2,1H3,(H,15,16)(H4,13,14,17,18,19). The van der Waals surface area contributed by atoms with Crippen molar-refractivity contribution in [3.63, 3.8) is 0 Å². The Bertz CT molecular complexity index is 548. The molecule has 1 atom stereocenters. The highest BCUT2D eigenvalue weighted by atomic mass is 16.3. The first kappa shape index (κ1) is 14.2. The van der Waals surface area contributed by atoms with Crippen LogP contribution in [0.2, 0.25) is 0 Å². The quantitative estimate of drug-likeness (QED) is 0.605. The average molecular weight is 277 g/mol. The predicted molar refractivity (Wildman–Crippen MR) is 74.5 cm³/mol. The first-order chi connectivity index (χ1) is 9.63. The minimum Gasteiger partial charge on any atom is -0.388 e. The third-order valence-corrected chi connectivity index (χ3v) is 3.00. The number of anilines is 2. The monoisotopic (exact) mass is 277 g/mol. The van der Waals surface area contributed by atoms with Gasteiger partial charge in [0.05, 0.1) is 11.6 Å². The molecule has 1 unspecified atom stereocenters. The zero-order valence-electron chi connectivity index (χ0n) is 11.4. The second-order valence-corrected chi connectivity index (χ2v) is 4.53. The number of nitrogens with one attached hydrogen (secondary N) is 1. The maximum atomic E-state index is 9.09. The van der Waals surface area contributed by atoms with E-state index < -0.39 is 0 Å². The fourth-order valence-corrected chi connectivity index (χ4v) is 2.04. The van der Waals surface area contributed by atoms with Gasteiger partial charge < -0.3 is 21.6 Å². The normalized spacial score (nSPS) is 12.5. The SMILES string of the molecule is CCCCC(c1c[nH]c(CO)n1)c1nc(N)nc(N)n1. The van der Waals surface area contributed by atoms with Crippen LogP contribution < -0.4 is 11.5 Å². The van der Waals surface area contributed by atoms with Crippen molar-refractivity contribution in [3.8, 4) is 0 Å². The number of H-pyrrole nitrogens is 1. The van der Waals surface area contributed by atoms with Crippen LogP contribution in [0.3, 0.4) is 0 Å². The molecular formula is C12H19N7O. The van der Waals surface area contributed by atoms with E-state index in [-0.39, 0.29) is 24.4 Å². The number of aliphatic hydroxyl groups excluding tert-OH is 1. The Kier molecular flexibility index (Phi) is 4.46. The predicted octanol–water partition coefficient (Wildman–Crippen LogP) is 0.574. The molecule has 6 N–H and O–H groups in total. The number of nitrogens with zero attached hydrogens (tertiary/aromatic N) is 4. The smallest absolute Gasteiger partial charge is 0.225 e. The number of rotatable bonds is 6. The summed E-state index contributed by atoms with van der Waals surface area (Å²) in [7, 11) is 0. The van der Waals surface area contributed by atoms with Crippen molar-refractivity contribution in [3.05, 3.63) is 23.5 Å². The van der Waals surface area contributed by atoms with Crippen molar-refractivity contribution in [2.45, 2.75) is 38.7 Å². The highest BCUT2D eigenvalue weighted by molar-refractivity contribution is 5.29. The van der Waals surface area contributed by atoms with Crippen LogP contribution in [0.5, 0.6) is 0 Å². The molecule has 0 aliphatic rings. The van der Waals surface area contributed by atoms with Gasteiger partial charge in [-0.25, -0.2) is 4.98 Å². The summed E-state index contributed by atoms with van der Waals surface area (Å²) in [6, 6.07) is 0. The second kappa shape index (κ2) is 6.29. The van der Waals surface area contributed by atoms with E-state index in [0.29, 0.717) is 11.6 Å². The largest absolute Gasteiger partial charge is 0.388 e. The zero-order valence-corrected chi connectivity index (χ0v) is 11.4. The Balaban J connectivity index is 2.35. The Hall–Kier alpha value is -2.22. The summed E-state index contributed by atoms with van der Waals surface area (Å²) in [6.07, 6.45) is 4.62. The first-order valence-electron chi connectivity index (χ1n) is 6.56. The Morgan fingerprint density at radius 3 is 2.45 bits per heavy atom. The van der Waals surface area contributed by atoms with Crippen LogP contribution in [0.15, 0.2) is 6.20 Å². The van der Waals surface area contributed by atoms with Crippen LogP contribution in [0.4, 0.5) is 11.9 Å². The highest BCUT2D eigenvalue weighted by Crippen LogP contribution is 2.26. The third-order valence-electron chi connectivity index (χ3n) is 3.00. The molecule has 8 nitrogen and oxygen atoms in total. The van der Waals surface area contributed by atoms with Gasteiger partial charge in [0.15, 0.2) is 0 Å². The van der Waals surface area contributed by atoms with Gasteiger partial charge in [-0.15, -0.1) is 0 Å². The van der Waals surface area contributed by atoms with Gasteiger partial charge in [0, 0.05) is 6.20 Å². The molecule has 20 heavy (non-hydrogen) atoms. The van der Waals surface area contributed by atoms with Crippen molar-refractivity contribution in [1.29, 1.82) is 0 Å². The van der Waals surface area contributed by atoms with E-state index in [4.69, 9.17) is 16.6 Å². The van der Waals surface area contributed by atoms with Crippen molar-refractivity contribution < 1.29 is 5.11 Å². The number of hydrogen-bond donors (Lipinski definition) is 4. The molecule has 8 heteroatoms. The number of aromatic amines is 1. The van der Waals surface area contributed by atoms with Gasteiger partial charge in [0.25, 0.3) is 0 Å². The van der Waals surface area contributed by atoms with Crippen LogP contribution in [-0.2, 0) is 6.61 Å². The van der Waals surface area contributed by atoms with E-state index in [1.54, 1.807) is 6.20 Å². The molecule has 2 aromatic rings. The van der Waals surface area contributed by atoms with Crippen molar-refractivity contribution in [1.82, 2.24) is 24.9 Å². The molecule has 0 saturated carbocycles. The molecule has 0 fully saturated rings. The van der Waals surface area contributed by atoms with E-state index in [1.807, 2.05) is 0 Å². The van der Waals surface area contributed by atoms with E-state index in [0.717, 1.165) is 25.0 Å². The molecule has 0 spiro atoms. The van der Waals surface area contributed by atoms with Gasteiger partial charge in [-0.1, -0.05) is 19.8 Å². The lowest BCUT2D eigenvalue weighted by Gasteiger charge is -2.13. The second-order valence-electron chi connectivity index (χ2n) is 4.53. The molecule has 0 radical (unpaired) electrons. The van der Waals surface area contributed by atoms with E-state index in [1.165, 1.54) is 0 Å². The van der Waals surface area contributed by atoms with E-state index in [2.05, 4.69) is 31.8 Å². The topological polar surface area (TPSA) is 140 Å². The Morgan fingerprint density at radius 2 is 1.90 bits per heavy atom. The van der Waals surface area contributed by atoms with Crippen molar-refractivity contribution in [2.75, 3.05) is 11.5 Å². The minimum atomic E-state index is -0.137. The number of nitrogens with two attached hydrogens (primary N) is 2. The lowest BCUT2D eigenvalue weighted by atomic mass is 9.98. The average Bonchev–Trinajstić information content (AvgIpc) is 2.87. The lowest BCUT2D eigenvalue weighted by molar-refractivity contribution is 0.272. The van der Waals surface area contributed by atoms with Gasteiger partial charge in [0.2, 0.25) is 11.9 Å². The fraction of sp³-hybridized carbons (Fsp3) is 0.500. The summed E-state index contributed by atoms with van der Waals surface area (Å²) in [5.41, 5.74) is 12.0. The van der Waals surface area contributed by atoms with Crippen LogP contribution in [0.1, 0.15) is 49.4 Å². The van der Waals surface area contributed by atoms with E-state index >= 15 is 0 Å². The summed E-state index contributed by atoms with van der Waals surface area (Å²) in [5.74, 6) is 1.12. The number of aromatic nitrogens is 5. The number of aliphatic hydroxyl groups is 1. The van der Waals surface area contributed by atoms with Crippen LogP contribution in [0, 0.1) is 0 Å². The first-order valence-corrected chi connectivity index (χ1v) is 6.56. The molecule has 0 saturated heterocycles. The summed E-state index contributed by atoms with van der Waals surface area (Å²) in [6.45, 7) is 1.97. The maximum absolute atomic E-state index is 9.09. The summed E-state index contributed by atoms with van der Waals surface area (Å²) in [4.78, 5) is 19.3. The molecule has 0 aromatic carbocycles. The molecule has 2 heterocycles. The molecule has 0 bridgehead atoms. The van der Waals surface area contributed by atoms with Crippen molar-refractivity contribution in [2.24, 2.45) is 0 Å². The molecule has 0 aliphatic heterocycles. The molecule has 2 aromatic heterocycles. The van der Waals surface area contributed by atoms with Gasteiger partial charge in [0.1, 0.15) is 18.3 Å². The lowest BCUT2D eigenvalue weighted by Crippen LogP contribution is -2.12. The molecule has 2 rings (SSSR count). The number of hydrogen-bond acceptors (Lipinski definition) is 7. The van der Waals surface area contributed by atoms with Gasteiger partial charge in [-0.3, -0.25) is 0 Å². The zero-order chi connectivity index (χ0) is 14.5. The third kappa shape index (κ3) is 3.21. The summed E-state index contributed by atoms with van der Waals surface area (Å²) in [5, 5.41) is 9.09. The highest BCUT2D eigenvalue weighted by Gasteiger charge is 2.21. The van der Waals surface area contributed by atoms with Crippen LogP contribution >= 0.6 is 0 Å². The number of unbranched alkanes of at least 4 members (excludes halogenated alkanes) is 1. The van der Waals surface area contributed by atoms with Crippen molar-refractivity contribution >= 4 is 11.9 Å². The van der Waals surface area contributed by atoms with Crippen LogP contribution in [-0.4, -0.2) is 30.0 Å².